The van der Waals surface area contributed by atoms with E-state index in [1.54, 1.807) is 0 Å². The second kappa shape index (κ2) is 7.76. The summed E-state index contributed by atoms with van der Waals surface area (Å²) in [7, 11) is 0. The summed E-state index contributed by atoms with van der Waals surface area (Å²) in [6, 6.07) is 15.8. The first kappa shape index (κ1) is 16.2. The van der Waals surface area contributed by atoms with Gasteiger partial charge in [-0.2, -0.15) is 0 Å². The highest BCUT2D eigenvalue weighted by molar-refractivity contribution is 5.95. The van der Waals surface area contributed by atoms with Crippen LogP contribution in [0.4, 0.5) is 0 Å². The van der Waals surface area contributed by atoms with Gasteiger partial charge >= 0.3 is 0 Å². The Morgan fingerprint density at radius 1 is 1.14 bits per heavy atom. The van der Waals surface area contributed by atoms with Crippen LogP contribution in [0.1, 0.15) is 39.4 Å². The number of hydrogen-bond acceptors (Lipinski definition) is 2. The Bertz CT molecular complexity index is 623. The highest BCUT2D eigenvalue weighted by atomic mass is 16.3. The molecule has 0 radical (unpaired) electrons. The van der Waals surface area contributed by atoms with Gasteiger partial charge in [0.15, 0.2) is 0 Å². The molecule has 0 saturated carbocycles. The van der Waals surface area contributed by atoms with E-state index in [1.165, 1.54) is 0 Å². The Hall–Kier alpha value is -2.13. The first-order chi connectivity index (χ1) is 10.6. The summed E-state index contributed by atoms with van der Waals surface area (Å²) < 4.78 is 0. The predicted octanol–water partition coefficient (Wildman–Crippen LogP) is 3.20. The minimum Gasteiger partial charge on any atom is -0.396 e. The molecule has 0 spiro atoms. The van der Waals surface area contributed by atoms with Crippen molar-refractivity contribution >= 4 is 5.91 Å². The number of aliphatic hydroxyl groups is 1. The van der Waals surface area contributed by atoms with Crippen LogP contribution in [0.3, 0.4) is 0 Å². The van der Waals surface area contributed by atoms with Gasteiger partial charge in [0.25, 0.3) is 5.91 Å². The van der Waals surface area contributed by atoms with Crippen LogP contribution in [0.15, 0.2) is 48.5 Å². The van der Waals surface area contributed by atoms with Crippen molar-refractivity contribution in [2.24, 2.45) is 0 Å². The van der Waals surface area contributed by atoms with Crippen molar-refractivity contribution in [3.63, 3.8) is 0 Å². The molecule has 0 fully saturated rings. The Labute approximate surface area is 132 Å². The minimum atomic E-state index is -0.0589. The molecule has 2 aromatic carbocycles. The number of amides is 1. The Kier molecular flexibility index (Phi) is 5.73. The van der Waals surface area contributed by atoms with Crippen LogP contribution in [0.5, 0.6) is 0 Å². The smallest absolute Gasteiger partial charge is 0.251 e. The lowest BCUT2D eigenvalue weighted by atomic mass is 9.95. The van der Waals surface area contributed by atoms with Gasteiger partial charge in [-0.05, 0) is 37.5 Å². The molecule has 0 heterocycles. The average molecular weight is 297 g/mol. The third-order valence-electron chi connectivity index (χ3n) is 3.88. The van der Waals surface area contributed by atoms with Gasteiger partial charge in [-0.25, -0.2) is 0 Å². The van der Waals surface area contributed by atoms with Gasteiger partial charge in [0, 0.05) is 24.6 Å². The monoisotopic (exact) mass is 297 g/mol. The molecule has 0 aromatic heterocycles. The van der Waals surface area contributed by atoms with Crippen LogP contribution in [-0.4, -0.2) is 24.2 Å². The van der Waals surface area contributed by atoms with Crippen LogP contribution in [-0.2, 0) is 0 Å². The molecule has 3 heteroatoms. The van der Waals surface area contributed by atoms with E-state index in [0.29, 0.717) is 18.5 Å². The standard InChI is InChI=1S/C19H23NO2/c1-14-8-9-18(15(2)12-14)19(22)20-13-17(10-11-21)16-6-4-3-5-7-16/h3-9,12,17,21H,10-11,13H2,1-2H3,(H,20,22). The van der Waals surface area contributed by atoms with Crippen LogP contribution >= 0.6 is 0 Å². The summed E-state index contributed by atoms with van der Waals surface area (Å²) in [6.07, 6.45) is 0.636. The number of carbonyl (C=O) groups excluding carboxylic acids is 1. The summed E-state index contributed by atoms with van der Waals surface area (Å²) in [4.78, 5) is 12.3. The number of nitrogens with one attached hydrogen (secondary N) is 1. The van der Waals surface area contributed by atoms with Gasteiger partial charge < -0.3 is 10.4 Å². The van der Waals surface area contributed by atoms with Crippen LogP contribution in [0.25, 0.3) is 0 Å². The molecule has 22 heavy (non-hydrogen) atoms. The molecule has 0 aliphatic rings. The molecule has 0 bridgehead atoms. The summed E-state index contributed by atoms with van der Waals surface area (Å²) >= 11 is 0. The molecule has 2 aromatic rings. The van der Waals surface area contributed by atoms with Gasteiger partial charge in [0.1, 0.15) is 0 Å². The lowest BCUT2D eigenvalue weighted by Crippen LogP contribution is -2.29. The van der Waals surface area contributed by atoms with E-state index in [9.17, 15) is 9.90 Å². The van der Waals surface area contributed by atoms with Crippen molar-refractivity contribution in [2.75, 3.05) is 13.2 Å². The second-order valence-corrected chi connectivity index (χ2v) is 5.65. The van der Waals surface area contributed by atoms with Gasteiger partial charge in [-0.15, -0.1) is 0 Å². The molecular formula is C19H23NO2. The second-order valence-electron chi connectivity index (χ2n) is 5.65. The van der Waals surface area contributed by atoms with E-state index in [0.717, 1.165) is 16.7 Å². The fourth-order valence-electron chi connectivity index (χ4n) is 2.65. The SMILES string of the molecule is Cc1ccc(C(=O)NCC(CCO)c2ccccc2)c(C)c1. The van der Waals surface area contributed by atoms with E-state index >= 15 is 0 Å². The molecular weight excluding hydrogens is 274 g/mol. The zero-order valence-electron chi connectivity index (χ0n) is 13.2. The Morgan fingerprint density at radius 2 is 1.86 bits per heavy atom. The maximum Gasteiger partial charge on any atom is 0.251 e. The van der Waals surface area contributed by atoms with Crippen LogP contribution in [0.2, 0.25) is 0 Å². The quantitative estimate of drug-likeness (QED) is 0.860. The topological polar surface area (TPSA) is 49.3 Å². The minimum absolute atomic E-state index is 0.0589. The number of aryl methyl sites for hydroxylation is 2. The lowest BCUT2D eigenvalue weighted by molar-refractivity contribution is 0.0948. The van der Waals surface area contributed by atoms with Crippen LogP contribution < -0.4 is 5.32 Å². The molecule has 116 valence electrons. The first-order valence-corrected chi connectivity index (χ1v) is 7.63. The van der Waals surface area contributed by atoms with E-state index in [1.807, 2.05) is 62.4 Å². The molecule has 2 N–H and O–H groups in total. The molecule has 1 amide bonds. The summed E-state index contributed by atoms with van der Waals surface area (Å²) in [5.41, 5.74) is 3.98. The summed E-state index contributed by atoms with van der Waals surface area (Å²) in [5.74, 6) is 0.0669. The van der Waals surface area contributed by atoms with E-state index in [4.69, 9.17) is 0 Å². The van der Waals surface area contributed by atoms with Crippen molar-refractivity contribution in [3.05, 3.63) is 70.8 Å². The van der Waals surface area contributed by atoms with Gasteiger partial charge in [-0.3, -0.25) is 4.79 Å². The lowest BCUT2D eigenvalue weighted by Gasteiger charge is -2.17. The van der Waals surface area contributed by atoms with Crippen molar-refractivity contribution in [1.82, 2.24) is 5.32 Å². The molecule has 0 aliphatic carbocycles. The number of aliphatic hydroxyl groups excluding tert-OH is 1. The van der Waals surface area contributed by atoms with Gasteiger partial charge in [-0.1, -0.05) is 48.0 Å². The zero-order valence-corrected chi connectivity index (χ0v) is 13.2. The van der Waals surface area contributed by atoms with Crippen molar-refractivity contribution in [2.45, 2.75) is 26.2 Å². The van der Waals surface area contributed by atoms with Gasteiger partial charge in [0.2, 0.25) is 0 Å². The normalized spacial score (nSPS) is 12.0. The number of rotatable bonds is 6. The molecule has 0 aliphatic heterocycles. The van der Waals surface area contributed by atoms with Crippen molar-refractivity contribution in [1.29, 1.82) is 0 Å². The maximum absolute atomic E-state index is 12.3. The fourth-order valence-corrected chi connectivity index (χ4v) is 2.65. The zero-order chi connectivity index (χ0) is 15.9. The fraction of sp³-hybridized carbons (Fsp3) is 0.316. The average Bonchev–Trinajstić information content (AvgIpc) is 2.52. The first-order valence-electron chi connectivity index (χ1n) is 7.63. The number of hydrogen-bond donors (Lipinski definition) is 2. The molecule has 2 rings (SSSR count). The van der Waals surface area contributed by atoms with Crippen molar-refractivity contribution < 1.29 is 9.90 Å². The Balaban J connectivity index is 2.04. The van der Waals surface area contributed by atoms with E-state index in [-0.39, 0.29) is 18.4 Å². The maximum atomic E-state index is 12.3. The highest BCUT2D eigenvalue weighted by Gasteiger charge is 2.14. The number of benzene rings is 2. The van der Waals surface area contributed by atoms with E-state index < -0.39 is 0 Å². The molecule has 1 unspecified atom stereocenters. The highest BCUT2D eigenvalue weighted by Crippen LogP contribution is 2.18. The molecule has 3 nitrogen and oxygen atoms in total. The third kappa shape index (κ3) is 4.18. The van der Waals surface area contributed by atoms with Crippen molar-refractivity contribution in [3.8, 4) is 0 Å². The van der Waals surface area contributed by atoms with Crippen LogP contribution in [0, 0.1) is 13.8 Å². The molecule has 0 saturated heterocycles. The summed E-state index contributed by atoms with van der Waals surface area (Å²) in [6.45, 7) is 4.60. The predicted molar refractivity (Wildman–Crippen MR) is 89.1 cm³/mol. The van der Waals surface area contributed by atoms with E-state index in [2.05, 4.69) is 5.32 Å². The largest absolute Gasteiger partial charge is 0.396 e. The summed E-state index contributed by atoms with van der Waals surface area (Å²) in [5, 5.41) is 12.2. The van der Waals surface area contributed by atoms with Gasteiger partial charge in [0.05, 0.1) is 0 Å². The number of carbonyl (C=O) groups is 1. The third-order valence-corrected chi connectivity index (χ3v) is 3.88. The Morgan fingerprint density at radius 3 is 2.50 bits per heavy atom. The molecule has 1 atom stereocenters.